The van der Waals surface area contributed by atoms with Gasteiger partial charge in [-0.15, -0.1) is 0 Å². The normalized spacial score (nSPS) is 14.8. The third-order valence-electron chi connectivity index (χ3n) is 4.73. The zero-order valence-electron chi connectivity index (χ0n) is 15.6. The fourth-order valence-corrected chi connectivity index (χ4v) is 3.01. The van der Waals surface area contributed by atoms with E-state index < -0.39 is 23.4 Å². The molecule has 8 heteroatoms. The smallest absolute Gasteiger partial charge is 0.226 e. The number of hydrogen-bond donors (Lipinski definition) is 2. The minimum Gasteiger partial charge on any atom is -0.385 e. The van der Waals surface area contributed by atoms with Gasteiger partial charge in [-0.05, 0) is 43.4 Å². The van der Waals surface area contributed by atoms with Crippen molar-refractivity contribution in [2.45, 2.75) is 6.42 Å². The van der Waals surface area contributed by atoms with E-state index in [1.54, 1.807) is 0 Å². The highest BCUT2D eigenvalue weighted by Crippen LogP contribution is 2.21. The molecule has 1 fully saturated rings. The van der Waals surface area contributed by atoms with Crippen LogP contribution in [0.25, 0.3) is 0 Å². The monoisotopic (exact) mass is 392 g/mol. The molecule has 150 valence electrons. The Balaban J connectivity index is 1.46. The molecule has 1 amide bonds. The molecule has 2 aromatic carbocycles. The van der Waals surface area contributed by atoms with Gasteiger partial charge in [0, 0.05) is 50.5 Å². The molecular weight excluding hydrogens is 369 g/mol. The summed E-state index contributed by atoms with van der Waals surface area (Å²) in [6, 6.07) is 9.72. The van der Waals surface area contributed by atoms with E-state index in [-0.39, 0.29) is 12.1 Å². The van der Waals surface area contributed by atoms with Crippen LogP contribution in [-0.4, -0.2) is 50.6 Å². The van der Waals surface area contributed by atoms with Gasteiger partial charge in [-0.25, -0.2) is 13.2 Å². The van der Waals surface area contributed by atoms with Crippen molar-refractivity contribution in [1.29, 1.82) is 0 Å². The second-order valence-electron chi connectivity index (χ2n) is 6.79. The topological polar surface area (TPSA) is 47.6 Å². The average molecular weight is 392 g/mol. The summed E-state index contributed by atoms with van der Waals surface area (Å²) in [5.41, 5.74) is 1.65. The summed E-state index contributed by atoms with van der Waals surface area (Å²) in [7, 11) is 2.11. The minimum atomic E-state index is -1.60. The molecule has 3 rings (SSSR count). The third kappa shape index (κ3) is 4.95. The predicted octanol–water partition coefficient (Wildman–Crippen LogP) is 3.30. The van der Waals surface area contributed by atoms with Crippen LogP contribution in [0.15, 0.2) is 36.4 Å². The zero-order valence-corrected chi connectivity index (χ0v) is 15.6. The molecule has 5 nitrogen and oxygen atoms in total. The molecule has 0 aliphatic carbocycles. The molecule has 2 aromatic rings. The molecule has 0 bridgehead atoms. The van der Waals surface area contributed by atoms with E-state index >= 15 is 0 Å². The summed E-state index contributed by atoms with van der Waals surface area (Å²) in [6.07, 6.45) is 0.0542. The Labute approximate surface area is 162 Å². The molecule has 28 heavy (non-hydrogen) atoms. The molecule has 0 saturated carbocycles. The maximum Gasteiger partial charge on any atom is 0.226 e. The summed E-state index contributed by atoms with van der Waals surface area (Å²) in [6.45, 7) is 4.38. The lowest BCUT2D eigenvalue weighted by Crippen LogP contribution is -2.44. The Morgan fingerprint density at radius 2 is 1.64 bits per heavy atom. The molecule has 2 N–H and O–H groups in total. The van der Waals surface area contributed by atoms with E-state index in [1.165, 1.54) is 0 Å². The highest BCUT2D eigenvalue weighted by molar-refractivity contribution is 5.91. The van der Waals surface area contributed by atoms with E-state index in [0.717, 1.165) is 49.7 Å². The molecule has 0 aromatic heterocycles. The van der Waals surface area contributed by atoms with Gasteiger partial charge in [-0.1, -0.05) is 0 Å². The molecular formula is C20H23F3N4O. The maximum atomic E-state index is 13.6. The van der Waals surface area contributed by atoms with Crippen molar-refractivity contribution >= 4 is 23.0 Å². The van der Waals surface area contributed by atoms with Crippen molar-refractivity contribution in [1.82, 2.24) is 4.90 Å². The zero-order chi connectivity index (χ0) is 20.1. The lowest BCUT2D eigenvalue weighted by Gasteiger charge is -2.34. The lowest BCUT2D eigenvalue weighted by atomic mass is 10.2. The number of piperazine rings is 1. The summed E-state index contributed by atoms with van der Waals surface area (Å²) in [5.74, 6) is -4.79. The molecule has 0 radical (unpaired) electrons. The van der Waals surface area contributed by atoms with Crippen LogP contribution in [0.3, 0.4) is 0 Å². The first-order chi connectivity index (χ1) is 13.4. The number of anilines is 3. The number of carbonyl (C=O) groups excluding carboxylic acids is 1. The number of benzene rings is 2. The van der Waals surface area contributed by atoms with Crippen LogP contribution in [0, 0.1) is 17.5 Å². The summed E-state index contributed by atoms with van der Waals surface area (Å²) >= 11 is 0. The standard InChI is InChI=1S/C20H23F3N4O/c1-26-10-12-27(13-11-26)15-4-2-14(3-5-15)24-9-8-18(28)25-17-7-6-16(21)19(22)20(17)23/h2-7,24H,8-13H2,1H3,(H,25,28). The van der Waals surface area contributed by atoms with Crippen LogP contribution in [0.5, 0.6) is 0 Å². The maximum absolute atomic E-state index is 13.6. The predicted molar refractivity (Wildman–Crippen MR) is 104 cm³/mol. The lowest BCUT2D eigenvalue weighted by molar-refractivity contribution is -0.116. The molecule has 1 aliphatic heterocycles. The highest BCUT2D eigenvalue weighted by atomic mass is 19.2. The van der Waals surface area contributed by atoms with E-state index in [1.807, 2.05) is 24.3 Å². The van der Waals surface area contributed by atoms with Crippen LogP contribution in [-0.2, 0) is 4.79 Å². The van der Waals surface area contributed by atoms with Gasteiger partial charge in [0.25, 0.3) is 0 Å². The quantitative estimate of drug-likeness (QED) is 0.741. The Morgan fingerprint density at radius 1 is 0.964 bits per heavy atom. The second kappa shape index (κ2) is 8.97. The average Bonchev–Trinajstić information content (AvgIpc) is 2.70. The summed E-state index contributed by atoms with van der Waals surface area (Å²) < 4.78 is 39.7. The van der Waals surface area contributed by atoms with Gasteiger partial charge in [-0.2, -0.15) is 0 Å². The van der Waals surface area contributed by atoms with Crippen molar-refractivity contribution in [2.24, 2.45) is 0 Å². The van der Waals surface area contributed by atoms with Gasteiger partial charge in [-0.3, -0.25) is 4.79 Å². The van der Waals surface area contributed by atoms with Gasteiger partial charge in [0.1, 0.15) is 0 Å². The van der Waals surface area contributed by atoms with Crippen LogP contribution >= 0.6 is 0 Å². The Bertz CT molecular complexity index is 821. The van der Waals surface area contributed by atoms with Crippen LogP contribution in [0.4, 0.5) is 30.2 Å². The van der Waals surface area contributed by atoms with E-state index in [9.17, 15) is 18.0 Å². The van der Waals surface area contributed by atoms with Crippen LogP contribution in [0.2, 0.25) is 0 Å². The fourth-order valence-electron chi connectivity index (χ4n) is 3.01. The van der Waals surface area contributed by atoms with Crippen molar-refractivity contribution < 1.29 is 18.0 Å². The fraction of sp³-hybridized carbons (Fsp3) is 0.350. The van der Waals surface area contributed by atoms with Crippen molar-refractivity contribution in [3.8, 4) is 0 Å². The van der Waals surface area contributed by atoms with Gasteiger partial charge >= 0.3 is 0 Å². The second-order valence-corrected chi connectivity index (χ2v) is 6.79. The summed E-state index contributed by atoms with van der Waals surface area (Å²) in [4.78, 5) is 16.5. The number of halogens is 3. The molecule has 0 unspecified atom stereocenters. The number of nitrogens with zero attached hydrogens (tertiary/aromatic N) is 2. The number of carbonyl (C=O) groups is 1. The molecule has 0 spiro atoms. The Morgan fingerprint density at radius 3 is 2.32 bits per heavy atom. The third-order valence-corrected chi connectivity index (χ3v) is 4.73. The molecule has 1 aliphatic rings. The first-order valence-corrected chi connectivity index (χ1v) is 9.15. The van der Waals surface area contributed by atoms with Gasteiger partial charge in [0.15, 0.2) is 17.5 Å². The molecule has 0 atom stereocenters. The van der Waals surface area contributed by atoms with Gasteiger partial charge < -0.3 is 20.4 Å². The van der Waals surface area contributed by atoms with Crippen molar-refractivity contribution in [3.05, 3.63) is 53.8 Å². The van der Waals surface area contributed by atoms with Crippen LogP contribution in [0.1, 0.15) is 6.42 Å². The van der Waals surface area contributed by atoms with E-state index in [2.05, 4.69) is 27.5 Å². The van der Waals surface area contributed by atoms with Gasteiger partial charge in [0.05, 0.1) is 5.69 Å². The number of hydrogen-bond acceptors (Lipinski definition) is 4. The summed E-state index contributed by atoms with van der Waals surface area (Å²) in [5, 5.41) is 5.37. The van der Waals surface area contributed by atoms with Crippen LogP contribution < -0.4 is 15.5 Å². The first kappa shape index (κ1) is 20.0. The highest BCUT2D eigenvalue weighted by Gasteiger charge is 2.15. The largest absolute Gasteiger partial charge is 0.385 e. The number of rotatable bonds is 6. The molecule has 1 heterocycles. The SMILES string of the molecule is CN1CCN(c2ccc(NCCC(=O)Nc3ccc(F)c(F)c3F)cc2)CC1. The van der Waals surface area contributed by atoms with E-state index in [0.29, 0.717) is 6.54 Å². The number of likely N-dealkylation sites (N-methyl/N-ethyl adjacent to an activating group) is 1. The van der Waals surface area contributed by atoms with E-state index in [4.69, 9.17) is 0 Å². The number of amides is 1. The Hall–Kier alpha value is -2.74. The minimum absolute atomic E-state index is 0.0542. The van der Waals surface area contributed by atoms with Crippen molar-refractivity contribution in [2.75, 3.05) is 55.3 Å². The van der Waals surface area contributed by atoms with Gasteiger partial charge in [0.2, 0.25) is 5.91 Å². The molecule has 1 saturated heterocycles. The number of nitrogens with one attached hydrogen (secondary N) is 2. The Kier molecular flexibility index (Phi) is 6.41. The first-order valence-electron chi connectivity index (χ1n) is 9.15. The van der Waals surface area contributed by atoms with Crippen molar-refractivity contribution in [3.63, 3.8) is 0 Å².